The average molecular weight is 361 g/mol. The summed E-state index contributed by atoms with van der Waals surface area (Å²) in [5.74, 6) is -0.360. The van der Waals surface area contributed by atoms with E-state index in [1.807, 2.05) is 0 Å². The van der Waals surface area contributed by atoms with E-state index in [0.29, 0.717) is 16.0 Å². The van der Waals surface area contributed by atoms with E-state index in [1.54, 1.807) is 19.1 Å². The zero-order chi connectivity index (χ0) is 14.0. The van der Waals surface area contributed by atoms with E-state index in [2.05, 4.69) is 31.2 Å². The van der Waals surface area contributed by atoms with Crippen LogP contribution in [0, 0.1) is 6.92 Å². The minimum atomic E-state index is -0.360. The van der Waals surface area contributed by atoms with Crippen LogP contribution in [0.25, 0.3) is 0 Å². The lowest BCUT2D eigenvalue weighted by Crippen LogP contribution is -2.14. The molecule has 4 nitrogen and oxygen atoms in total. The van der Waals surface area contributed by atoms with E-state index >= 15 is 0 Å². The molecule has 0 bridgehead atoms. The van der Waals surface area contributed by atoms with Gasteiger partial charge in [0.1, 0.15) is 9.76 Å². The summed E-state index contributed by atoms with van der Waals surface area (Å²) in [7, 11) is 0. The molecule has 1 N–H and O–H groups in total. The molecule has 0 atom stereocenters. The van der Waals surface area contributed by atoms with Crippen LogP contribution < -0.4 is 5.32 Å². The summed E-state index contributed by atoms with van der Waals surface area (Å²) >= 11 is 14.9. The van der Waals surface area contributed by atoms with Crippen LogP contribution in [0.15, 0.2) is 29.0 Å². The Morgan fingerprint density at radius 1 is 1.37 bits per heavy atom. The number of anilines is 1. The average Bonchev–Trinajstić information content (AvgIpc) is 2.35. The Morgan fingerprint density at radius 2 is 2.11 bits per heavy atom. The van der Waals surface area contributed by atoms with Crippen LogP contribution in [0.4, 0.5) is 5.69 Å². The standard InChI is InChI=1S/C12H8BrCl2N3O/c1-6-9(2-3-10(13)17-6)18-12(19)7-4-11(15)16-5-8(7)14/h2-5H,1H3,(H,18,19). The molecular formula is C12H8BrCl2N3O. The topological polar surface area (TPSA) is 54.9 Å². The fourth-order valence-electron chi connectivity index (χ4n) is 1.44. The first-order valence-electron chi connectivity index (χ1n) is 5.23. The summed E-state index contributed by atoms with van der Waals surface area (Å²) in [5, 5.41) is 3.18. The number of hydrogen-bond donors (Lipinski definition) is 1. The van der Waals surface area contributed by atoms with Gasteiger partial charge in [-0.25, -0.2) is 9.97 Å². The maximum atomic E-state index is 12.1. The van der Waals surface area contributed by atoms with Gasteiger partial charge in [-0.15, -0.1) is 0 Å². The molecule has 2 rings (SSSR count). The third-order valence-corrected chi connectivity index (χ3v) is 3.32. The summed E-state index contributed by atoms with van der Waals surface area (Å²) in [4.78, 5) is 20.1. The van der Waals surface area contributed by atoms with Gasteiger partial charge in [0.25, 0.3) is 5.91 Å². The second-order valence-corrected chi connectivity index (χ2v) is 5.31. The first-order chi connectivity index (χ1) is 8.97. The Kier molecular flexibility index (Phi) is 4.39. The number of pyridine rings is 2. The molecule has 0 unspecified atom stereocenters. The molecule has 0 spiro atoms. The number of aromatic nitrogens is 2. The lowest BCUT2D eigenvalue weighted by Gasteiger charge is -2.09. The third-order valence-electron chi connectivity index (χ3n) is 2.37. The van der Waals surface area contributed by atoms with Gasteiger partial charge in [0.15, 0.2) is 0 Å². The third kappa shape index (κ3) is 3.43. The van der Waals surface area contributed by atoms with Gasteiger partial charge >= 0.3 is 0 Å². The number of nitrogens with zero attached hydrogens (tertiary/aromatic N) is 2. The summed E-state index contributed by atoms with van der Waals surface area (Å²) in [6.07, 6.45) is 1.34. The van der Waals surface area contributed by atoms with Crippen LogP contribution in [-0.2, 0) is 0 Å². The predicted octanol–water partition coefficient (Wildman–Crippen LogP) is 4.11. The molecule has 2 aromatic heterocycles. The maximum Gasteiger partial charge on any atom is 0.257 e. The highest BCUT2D eigenvalue weighted by Crippen LogP contribution is 2.21. The first kappa shape index (κ1) is 14.2. The molecule has 1 amide bonds. The van der Waals surface area contributed by atoms with Crippen molar-refractivity contribution in [3.05, 3.63) is 50.4 Å². The number of rotatable bonds is 2. The molecule has 0 saturated carbocycles. The Morgan fingerprint density at radius 3 is 2.79 bits per heavy atom. The highest BCUT2D eigenvalue weighted by atomic mass is 79.9. The van der Waals surface area contributed by atoms with Gasteiger partial charge in [-0.1, -0.05) is 23.2 Å². The number of halogens is 3. The minimum absolute atomic E-state index is 0.209. The zero-order valence-corrected chi connectivity index (χ0v) is 12.8. The van der Waals surface area contributed by atoms with Crippen LogP contribution in [0.2, 0.25) is 10.2 Å². The zero-order valence-electron chi connectivity index (χ0n) is 9.75. The number of carbonyl (C=O) groups excluding carboxylic acids is 1. The van der Waals surface area contributed by atoms with Gasteiger partial charge < -0.3 is 5.32 Å². The molecule has 2 heterocycles. The second-order valence-electron chi connectivity index (χ2n) is 3.71. The molecule has 7 heteroatoms. The van der Waals surface area contributed by atoms with Crippen molar-refractivity contribution >= 4 is 50.7 Å². The van der Waals surface area contributed by atoms with Crippen molar-refractivity contribution in [2.75, 3.05) is 5.32 Å². The van der Waals surface area contributed by atoms with Gasteiger partial charge in [0.05, 0.1) is 22.0 Å². The predicted molar refractivity (Wildman–Crippen MR) is 78.9 cm³/mol. The van der Waals surface area contributed by atoms with Gasteiger partial charge in [0, 0.05) is 6.20 Å². The molecule has 0 aromatic carbocycles. The van der Waals surface area contributed by atoms with Crippen molar-refractivity contribution in [3.63, 3.8) is 0 Å². The van der Waals surface area contributed by atoms with Gasteiger partial charge in [0.2, 0.25) is 0 Å². The number of carbonyl (C=O) groups is 1. The Balaban J connectivity index is 2.28. The molecule has 0 aliphatic heterocycles. The fraction of sp³-hybridized carbons (Fsp3) is 0.0833. The molecule has 0 radical (unpaired) electrons. The molecule has 19 heavy (non-hydrogen) atoms. The Hall–Kier alpha value is -1.17. The van der Waals surface area contributed by atoms with Crippen molar-refractivity contribution in [3.8, 4) is 0 Å². The maximum absolute atomic E-state index is 12.1. The van der Waals surface area contributed by atoms with Gasteiger partial charge in [-0.3, -0.25) is 4.79 Å². The molecule has 0 fully saturated rings. The van der Waals surface area contributed by atoms with E-state index < -0.39 is 0 Å². The minimum Gasteiger partial charge on any atom is -0.320 e. The second kappa shape index (κ2) is 5.86. The smallest absolute Gasteiger partial charge is 0.257 e. The molecule has 2 aromatic rings. The lowest BCUT2D eigenvalue weighted by atomic mass is 10.2. The van der Waals surface area contributed by atoms with E-state index in [0.717, 1.165) is 0 Å². The molecule has 0 aliphatic rings. The van der Waals surface area contributed by atoms with Crippen LogP contribution in [0.3, 0.4) is 0 Å². The Bertz CT molecular complexity index is 649. The molecule has 0 saturated heterocycles. The molecule has 0 aliphatic carbocycles. The highest BCUT2D eigenvalue weighted by Gasteiger charge is 2.13. The van der Waals surface area contributed by atoms with E-state index in [1.165, 1.54) is 12.3 Å². The summed E-state index contributed by atoms with van der Waals surface area (Å²) in [6, 6.07) is 4.91. The summed E-state index contributed by atoms with van der Waals surface area (Å²) < 4.78 is 0.702. The van der Waals surface area contributed by atoms with Gasteiger partial charge in [-0.2, -0.15) is 0 Å². The van der Waals surface area contributed by atoms with Crippen molar-refractivity contribution < 1.29 is 4.79 Å². The Labute approximate surface area is 128 Å². The van der Waals surface area contributed by atoms with Crippen LogP contribution in [0.5, 0.6) is 0 Å². The highest BCUT2D eigenvalue weighted by molar-refractivity contribution is 9.10. The van der Waals surface area contributed by atoms with Crippen molar-refractivity contribution in [2.24, 2.45) is 0 Å². The van der Waals surface area contributed by atoms with E-state index in [4.69, 9.17) is 23.2 Å². The largest absolute Gasteiger partial charge is 0.320 e. The fourth-order valence-corrected chi connectivity index (χ4v) is 2.18. The number of nitrogens with one attached hydrogen (secondary N) is 1. The number of hydrogen-bond acceptors (Lipinski definition) is 3. The lowest BCUT2D eigenvalue weighted by molar-refractivity contribution is 0.102. The van der Waals surface area contributed by atoms with E-state index in [-0.39, 0.29) is 21.6 Å². The summed E-state index contributed by atoms with van der Waals surface area (Å²) in [5.41, 5.74) is 1.57. The van der Waals surface area contributed by atoms with Crippen molar-refractivity contribution in [1.29, 1.82) is 0 Å². The van der Waals surface area contributed by atoms with E-state index in [9.17, 15) is 4.79 Å². The van der Waals surface area contributed by atoms with Crippen molar-refractivity contribution in [1.82, 2.24) is 9.97 Å². The van der Waals surface area contributed by atoms with Gasteiger partial charge in [-0.05, 0) is 41.1 Å². The SMILES string of the molecule is Cc1nc(Br)ccc1NC(=O)c1cc(Cl)ncc1Cl. The van der Waals surface area contributed by atoms with Crippen molar-refractivity contribution in [2.45, 2.75) is 6.92 Å². The van der Waals surface area contributed by atoms with Crippen LogP contribution >= 0.6 is 39.1 Å². The normalized spacial score (nSPS) is 10.3. The monoisotopic (exact) mass is 359 g/mol. The molecule has 98 valence electrons. The number of aryl methyl sites for hydroxylation is 1. The van der Waals surface area contributed by atoms with Crippen LogP contribution in [0.1, 0.15) is 16.1 Å². The number of amides is 1. The quantitative estimate of drug-likeness (QED) is 0.820. The molecular weight excluding hydrogens is 353 g/mol. The van der Waals surface area contributed by atoms with Crippen LogP contribution in [-0.4, -0.2) is 15.9 Å². The summed E-state index contributed by atoms with van der Waals surface area (Å²) in [6.45, 7) is 1.79. The first-order valence-corrected chi connectivity index (χ1v) is 6.78.